The van der Waals surface area contributed by atoms with E-state index in [9.17, 15) is 21.6 Å². The number of nitrogens with two attached hydrogens (primary N) is 1. The van der Waals surface area contributed by atoms with Crippen LogP contribution < -0.4 is 5.73 Å². The van der Waals surface area contributed by atoms with Gasteiger partial charge in [-0.25, -0.2) is 8.42 Å². The molecule has 7 heteroatoms. The van der Waals surface area contributed by atoms with E-state index in [0.717, 1.165) is 18.2 Å². The molecular weight excluding hydrogens is 303 g/mol. The van der Waals surface area contributed by atoms with Gasteiger partial charge in [-0.05, 0) is 50.8 Å². The van der Waals surface area contributed by atoms with Crippen molar-refractivity contribution < 1.29 is 21.6 Å². The number of benzene rings is 1. The van der Waals surface area contributed by atoms with E-state index in [1.165, 1.54) is 6.07 Å². The van der Waals surface area contributed by atoms with Gasteiger partial charge in [0.15, 0.2) is 9.84 Å². The van der Waals surface area contributed by atoms with Gasteiger partial charge in [0.2, 0.25) is 0 Å². The number of hydrogen-bond donors (Lipinski definition) is 1. The zero-order chi connectivity index (χ0) is 15.9. The highest BCUT2D eigenvalue weighted by atomic mass is 32.2. The molecule has 0 heterocycles. The van der Waals surface area contributed by atoms with Crippen molar-refractivity contribution in [1.82, 2.24) is 0 Å². The Morgan fingerprint density at radius 2 is 1.81 bits per heavy atom. The fourth-order valence-corrected chi connectivity index (χ4v) is 4.53. The van der Waals surface area contributed by atoms with Crippen molar-refractivity contribution in [3.05, 3.63) is 29.8 Å². The van der Waals surface area contributed by atoms with Gasteiger partial charge in [-0.3, -0.25) is 0 Å². The molecule has 0 bridgehead atoms. The average molecular weight is 321 g/mol. The van der Waals surface area contributed by atoms with Crippen LogP contribution in [-0.4, -0.2) is 19.2 Å². The maximum absolute atomic E-state index is 12.7. The summed E-state index contributed by atoms with van der Waals surface area (Å²) >= 11 is 0. The number of sulfone groups is 1. The zero-order valence-electron chi connectivity index (χ0n) is 11.7. The largest absolute Gasteiger partial charge is 0.416 e. The molecule has 0 unspecified atom stereocenters. The molecule has 0 aromatic heterocycles. The Bertz CT molecular complexity index is 617. The van der Waals surface area contributed by atoms with E-state index < -0.39 is 26.3 Å². The number of alkyl halides is 3. The third kappa shape index (κ3) is 3.08. The van der Waals surface area contributed by atoms with Crippen LogP contribution >= 0.6 is 0 Å². The lowest BCUT2D eigenvalue weighted by atomic mass is 9.87. The molecule has 1 aromatic rings. The maximum atomic E-state index is 12.7. The molecule has 0 aliphatic heterocycles. The van der Waals surface area contributed by atoms with Gasteiger partial charge in [-0.15, -0.1) is 0 Å². The predicted molar refractivity (Wildman–Crippen MR) is 73.5 cm³/mol. The predicted octanol–water partition coefficient (Wildman–Crippen LogP) is 3.14. The molecule has 1 fully saturated rings. The van der Waals surface area contributed by atoms with Crippen molar-refractivity contribution in [3.8, 4) is 0 Å². The molecule has 0 radical (unpaired) electrons. The Hall–Kier alpha value is -1.08. The van der Waals surface area contributed by atoms with Crippen molar-refractivity contribution in [3.63, 3.8) is 0 Å². The van der Waals surface area contributed by atoms with Crippen LogP contribution in [0.15, 0.2) is 29.2 Å². The summed E-state index contributed by atoms with van der Waals surface area (Å²) in [6, 6.07) is 3.92. The number of rotatable bonds is 2. The summed E-state index contributed by atoms with van der Waals surface area (Å²) in [5, 5.41) is 0. The first-order valence-electron chi connectivity index (χ1n) is 6.74. The molecule has 1 saturated carbocycles. The van der Waals surface area contributed by atoms with Crippen LogP contribution in [0.5, 0.6) is 0 Å². The second-order valence-electron chi connectivity index (χ2n) is 5.82. The van der Waals surface area contributed by atoms with Gasteiger partial charge in [-0.1, -0.05) is 6.07 Å². The van der Waals surface area contributed by atoms with E-state index in [4.69, 9.17) is 5.73 Å². The highest BCUT2D eigenvalue weighted by molar-refractivity contribution is 7.92. The Kier molecular flexibility index (Phi) is 4.10. The van der Waals surface area contributed by atoms with E-state index in [2.05, 4.69) is 0 Å². The summed E-state index contributed by atoms with van der Waals surface area (Å²) in [7, 11) is -3.82. The summed E-state index contributed by atoms with van der Waals surface area (Å²) in [6.45, 7) is 1.59. The van der Waals surface area contributed by atoms with Crippen LogP contribution in [0.2, 0.25) is 0 Å². The van der Waals surface area contributed by atoms with Crippen LogP contribution in [0.4, 0.5) is 13.2 Å². The lowest BCUT2D eigenvalue weighted by molar-refractivity contribution is -0.137. The summed E-state index contributed by atoms with van der Waals surface area (Å²) < 4.78 is 62.5. The molecule has 1 aromatic carbocycles. The van der Waals surface area contributed by atoms with Crippen molar-refractivity contribution in [2.45, 2.75) is 54.5 Å². The van der Waals surface area contributed by atoms with Gasteiger partial charge in [0, 0.05) is 6.04 Å². The Morgan fingerprint density at radius 3 is 2.33 bits per heavy atom. The van der Waals surface area contributed by atoms with Gasteiger partial charge in [0.1, 0.15) is 0 Å². The van der Waals surface area contributed by atoms with E-state index in [1.807, 2.05) is 0 Å². The summed E-state index contributed by atoms with van der Waals surface area (Å²) in [4.78, 5) is -0.268. The minimum absolute atomic E-state index is 0.0326. The van der Waals surface area contributed by atoms with Crippen LogP contribution in [0.3, 0.4) is 0 Å². The third-order valence-corrected chi connectivity index (χ3v) is 6.79. The second-order valence-corrected chi connectivity index (χ2v) is 8.28. The number of hydrogen-bond acceptors (Lipinski definition) is 3. The van der Waals surface area contributed by atoms with Crippen molar-refractivity contribution in [1.29, 1.82) is 0 Å². The molecule has 21 heavy (non-hydrogen) atoms. The molecular formula is C14H18F3NO2S. The first-order chi connectivity index (χ1) is 9.56. The van der Waals surface area contributed by atoms with Gasteiger partial charge >= 0.3 is 6.18 Å². The van der Waals surface area contributed by atoms with Crippen LogP contribution in [-0.2, 0) is 16.0 Å². The summed E-state index contributed by atoms with van der Waals surface area (Å²) in [5.74, 6) is 0. The van der Waals surface area contributed by atoms with Gasteiger partial charge < -0.3 is 5.73 Å². The smallest absolute Gasteiger partial charge is 0.328 e. The van der Waals surface area contributed by atoms with Crippen LogP contribution in [0, 0.1) is 0 Å². The Balaban J connectivity index is 2.40. The topological polar surface area (TPSA) is 60.2 Å². The van der Waals surface area contributed by atoms with E-state index >= 15 is 0 Å². The van der Waals surface area contributed by atoms with E-state index in [-0.39, 0.29) is 10.9 Å². The first kappa shape index (κ1) is 16.3. The van der Waals surface area contributed by atoms with Crippen LogP contribution in [0.1, 0.15) is 38.2 Å². The molecule has 118 valence electrons. The zero-order valence-corrected chi connectivity index (χ0v) is 12.5. The molecule has 3 nitrogen and oxygen atoms in total. The SMILES string of the molecule is C[C@]1(S(=O)(=O)c2cccc(C(F)(F)F)c2)CC[C@@H](N)CC1. The van der Waals surface area contributed by atoms with Gasteiger partial charge in [0.25, 0.3) is 0 Å². The van der Waals surface area contributed by atoms with Crippen molar-refractivity contribution >= 4 is 9.84 Å². The molecule has 0 amide bonds. The molecule has 1 aliphatic rings. The maximum Gasteiger partial charge on any atom is 0.416 e. The van der Waals surface area contributed by atoms with E-state index in [0.29, 0.717) is 25.7 Å². The molecule has 2 N–H and O–H groups in total. The first-order valence-corrected chi connectivity index (χ1v) is 8.22. The normalized spacial score (nSPS) is 27.6. The molecule has 0 saturated heterocycles. The van der Waals surface area contributed by atoms with E-state index in [1.54, 1.807) is 6.92 Å². The molecule has 2 rings (SSSR count). The standard InChI is InChI=1S/C14H18F3NO2S/c1-13(7-5-11(18)6-8-13)21(19,20)12-4-2-3-10(9-12)14(15,16)17/h2-4,9,11H,5-8,18H2,1H3/t11-,13+. The van der Waals surface area contributed by atoms with Gasteiger partial charge in [-0.2, -0.15) is 13.2 Å². The highest BCUT2D eigenvalue weighted by Gasteiger charge is 2.43. The van der Waals surface area contributed by atoms with Crippen molar-refractivity contribution in [2.24, 2.45) is 5.73 Å². The monoisotopic (exact) mass is 321 g/mol. The highest BCUT2D eigenvalue weighted by Crippen LogP contribution is 2.39. The second kappa shape index (κ2) is 5.28. The number of halogens is 3. The Labute approximate surface area is 122 Å². The minimum Gasteiger partial charge on any atom is -0.328 e. The molecule has 1 aliphatic carbocycles. The Morgan fingerprint density at radius 1 is 1.24 bits per heavy atom. The summed E-state index contributed by atoms with van der Waals surface area (Å²) in [5.41, 5.74) is 4.83. The average Bonchev–Trinajstić information content (AvgIpc) is 2.41. The summed E-state index contributed by atoms with van der Waals surface area (Å²) in [6.07, 6.45) is -2.69. The minimum atomic E-state index is -4.55. The fraction of sp³-hybridized carbons (Fsp3) is 0.571. The third-order valence-electron chi connectivity index (χ3n) is 4.21. The van der Waals surface area contributed by atoms with Gasteiger partial charge in [0.05, 0.1) is 15.2 Å². The van der Waals surface area contributed by atoms with Crippen LogP contribution in [0.25, 0.3) is 0 Å². The molecule has 0 spiro atoms. The fourth-order valence-electron chi connectivity index (χ4n) is 2.64. The lowest BCUT2D eigenvalue weighted by Crippen LogP contribution is -2.42. The molecule has 0 atom stereocenters. The quantitative estimate of drug-likeness (QED) is 0.910. The van der Waals surface area contributed by atoms with Crippen molar-refractivity contribution in [2.75, 3.05) is 0 Å². The lowest BCUT2D eigenvalue weighted by Gasteiger charge is -2.35.